The average molecular weight is 360 g/mol. The molecule has 0 spiro atoms. The second-order valence-corrected chi connectivity index (χ2v) is 8.03. The Labute approximate surface area is 157 Å². The minimum absolute atomic E-state index is 0.188. The third-order valence-corrected chi connectivity index (χ3v) is 5.66. The van der Waals surface area contributed by atoms with Crippen molar-refractivity contribution in [3.8, 4) is 0 Å². The number of nitrogens with one attached hydrogen (secondary N) is 1. The molecule has 1 amide bonds. The van der Waals surface area contributed by atoms with Gasteiger partial charge in [-0.25, -0.2) is 9.97 Å². The predicted molar refractivity (Wildman–Crippen MR) is 104 cm³/mol. The summed E-state index contributed by atoms with van der Waals surface area (Å²) in [5.41, 5.74) is 1.10. The highest BCUT2D eigenvalue weighted by Gasteiger charge is 2.25. The molecule has 0 radical (unpaired) electrons. The molecular weight excluding hydrogens is 326 g/mol. The van der Waals surface area contributed by atoms with E-state index in [4.69, 9.17) is 9.97 Å². The molecule has 1 aliphatic heterocycles. The maximum Gasteiger partial charge on any atom is 0.225 e. The summed E-state index contributed by atoms with van der Waals surface area (Å²) in [6, 6.07) is 2.10. The zero-order valence-corrected chi connectivity index (χ0v) is 16.5. The third-order valence-electron chi connectivity index (χ3n) is 5.66. The second kappa shape index (κ2) is 8.80. The van der Waals surface area contributed by atoms with Crippen molar-refractivity contribution in [3.63, 3.8) is 0 Å². The number of amides is 1. The standard InChI is InChI=1S/C20H33N5O/c1-24(2)19-12-17(16-10-7-11-21-13-16)22-18(23-19)14-25(3)20(26)15-8-5-4-6-9-15/h12,15-16,21H,4-11,13-14H2,1-3H3. The first-order chi connectivity index (χ1) is 12.5. The van der Waals surface area contributed by atoms with Crippen LogP contribution in [-0.2, 0) is 11.3 Å². The van der Waals surface area contributed by atoms with Gasteiger partial charge in [-0.3, -0.25) is 4.79 Å². The molecule has 144 valence electrons. The van der Waals surface area contributed by atoms with E-state index in [1.807, 2.05) is 30.9 Å². The molecule has 1 aromatic heterocycles. The fraction of sp³-hybridized carbons (Fsp3) is 0.750. The van der Waals surface area contributed by atoms with E-state index in [0.29, 0.717) is 12.5 Å². The van der Waals surface area contributed by atoms with Crippen molar-refractivity contribution in [2.24, 2.45) is 5.92 Å². The van der Waals surface area contributed by atoms with Crippen LogP contribution in [0.1, 0.15) is 62.4 Å². The maximum absolute atomic E-state index is 12.8. The topological polar surface area (TPSA) is 61.4 Å². The first kappa shape index (κ1) is 19.1. The van der Waals surface area contributed by atoms with E-state index < -0.39 is 0 Å². The summed E-state index contributed by atoms with van der Waals surface area (Å²) in [7, 11) is 5.91. The van der Waals surface area contributed by atoms with Crippen molar-refractivity contribution in [2.45, 2.75) is 57.4 Å². The molecular formula is C20H33N5O. The van der Waals surface area contributed by atoms with Crippen molar-refractivity contribution < 1.29 is 4.79 Å². The first-order valence-electron chi connectivity index (χ1n) is 10.1. The van der Waals surface area contributed by atoms with Gasteiger partial charge < -0.3 is 15.1 Å². The van der Waals surface area contributed by atoms with Gasteiger partial charge in [0.15, 0.2) is 0 Å². The van der Waals surface area contributed by atoms with Crippen molar-refractivity contribution in [3.05, 3.63) is 17.6 Å². The fourth-order valence-corrected chi connectivity index (χ4v) is 4.07. The molecule has 2 heterocycles. The summed E-state index contributed by atoms with van der Waals surface area (Å²) in [5, 5.41) is 3.46. The molecule has 1 atom stereocenters. The molecule has 3 rings (SSSR count). The quantitative estimate of drug-likeness (QED) is 0.875. The zero-order chi connectivity index (χ0) is 18.5. The van der Waals surface area contributed by atoms with Gasteiger partial charge in [-0.05, 0) is 32.2 Å². The van der Waals surface area contributed by atoms with E-state index in [9.17, 15) is 4.79 Å². The highest BCUT2D eigenvalue weighted by Crippen LogP contribution is 2.27. The van der Waals surface area contributed by atoms with Crippen LogP contribution in [0.3, 0.4) is 0 Å². The van der Waals surface area contributed by atoms with Gasteiger partial charge in [0, 0.05) is 45.6 Å². The predicted octanol–water partition coefficient (Wildman–Crippen LogP) is 2.55. The zero-order valence-electron chi connectivity index (χ0n) is 16.5. The SMILES string of the molecule is CN(Cc1nc(C2CCCNC2)cc(N(C)C)n1)C(=O)C1CCCCC1. The Kier molecular flexibility index (Phi) is 6.46. The summed E-state index contributed by atoms with van der Waals surface area (Å²) in [4.78, 5) is 26.1. The van der Waals surface area contributed by atoms with E-state index in [1.165, 1.54) is 25.7 Å². The number of aromatic nitrogens is 2. The number of piperidine rings is 1. The molecule has 1 N–H and O–H groups in total. The van der Waals surface area contributed by atoms with E-state index >= 15 is 0 Å². The number of carbonyl (C=O) groups excluding carboxylic acids is 1. The van der Waals surface area contributed by atoms with Gasteiger partial charge in [-0.15, -0.1) is 0 Å². The number of hydrogen-bond donors (Lipinski definition) is 1. The number of nitrogens with zero attached hydrogens (tertiary/aromatic N) is 4. The molecule has 6 heteroatoms. The maximum atomic E-state index is 12.8. The Hall–Kier alpha value is -1.69. The average Bonchev–Trinajstić information content (AvgIpc) is 2.68. The lowest BCUT2D eigenvalue weighted by molar-refractivity contribution is -0.135. The Morgan fingerprint density at radius 3 is 2.54 bits per heavy atom. The first-order valence-corrected chi connectivity index (χ1v) is 10.1. The van der Waals surface area contributed by atoms with Crippen LogP contribution in [0.2, 0.25) is 0 Å². The normalized spacial score (nSPS) is 21.4. The lowest BCUT2D eigenvalue weighted by atomic mass is 9.88. The number of carbonyl (C=O) groups is 1. The summed E-state index contributed by atoms with van der Waals surface area (Å²) in [5.74, 6) is 2.55. The minimum Gasteiger partial charge on any atom is -0.363 e. The van der Waals surface area contributed by atoms with E-state index in [-0.39, 0.29) is 11.8 Å². The molecule has 6 nitrogen and oxygen atoms in total. The number of anilines is 1. The van der Waals surface area contributed by atoms with Crippen LogP contribution in [0.25, 0.3) is 0 Å². The molecule has 1 aliphatic carbocycles. The van der Waals surface area contributed by atoms with E-state index in [1.54, 1.807) is 0 Å². The molecule has 1 saturated carbocycles. The van der Waals surface area contributed by atoms with Gasteiger partial charge in [-0.2, -0.15) is 0 Å². The third kappa shape index (κ3) is 4.72. The van der Waals surface area contributed by atoms with Crippen molar-refractivity contribution in [2.75, 3.05) is 39.1 Å². The lowest BCUT2D eigenvalue weighted by Gasteiger charge is -2.27. The molecule has 0 bridgehead atoms. The lowest BCUT2D eigenvalue weighted by Crippen LogP contribution is -2.34. The van der Waals surface area contributed by atoms with Crippen LogP contribution in [0.4, 0.5) is 5.82 Å². The molecule has 2 aliphatic rings. The largest absolute Gasteiger partial charge is 0.363 e. The summed E-state index contributed by atoms with van der Waals surface area (Å²) >= 11 is 0. The molecule has 1 saturated heterocycles. The number of hydrogen-bond acceptors (Lipinski definition) is 5. The van der Waals surface area contributed by atoms with Crippen molar-refractivity contribution in [1.29, 1.82) is 0 Å². The minimum atomic E-state index is 0.188. The van der Waals surface area contributed by atoms with E-state index in [2.05, 4.69) is 11.4 Å². The van der Waals surface area contributed by atoms with Crippen LogP contribution < -0.4 is 10.2 Å². The number of rotatable bonds is 5. The molecule has 0 aromatic carbocycles. The van der Waals surface area contributed by atoms with Crippen LogP contribution in [-0.4, -0.2) is 55.0 Å². The van der Waals surface area contributed by atoms with Crippen molar-refractivity contribution in [1.82, 2.24) is 20.2 Å². The van der Waals surface area contributed by atoms with E-state index in [0.717, 1.165) is 49.7 Å². The Morgan fingerprint density at radius 1 is 1.12 bits per heavy atom. The Balaban J connectivity index is 1.74. The van der Waals surface area contributed by atoms with Gasteiger partial charge >= 0.3 is 0 Å². The Morgan fingerprint density at radius 2 is 1.88 bits per heavy atom. The smallest absolute Gasteiger partial charge is 0.225 e. The molecule has 1 aromatic rings. The molecule has 1 unspecified atom stereocenters. The summed E-state index contributed by atoms with van der Waals surface area (Å²) < 4.78 is 0. The second-order valence-electron chi connectivity index (χ2n) is 8.03. The van der Waals surface area contributed by atoms with Gasteiger partial charge in [-0.1, -0.05) is 19.3 Å². The van der Waals surface area contributed by atoms with Crippen LogP contribution >= 0.6 is 0 Å². The summed E-state index contributed by atoms with van der Waals surface area (Å²) in [6.07, 6.45) is 8.02. The monoisotopic (exact) mass is 359 g/mol. The van der Waals surface area contributed by atoms with Crippen LogP contribution in [0, 0.1) is 5.92 Å². The van der Waals surface area contributed by atoms with Gasteiger partial charge in [0.25, 0.3) is 0 Å². The summed E-state index contributed by atoms with van der Waals surface area (Å²) in [6.45, 7) is 2.55. The fourth-order valence-electron chi connectivity index (χ4n) is 4.07. The highest BCUT2D eigenvalue weighted by molar-refractivity contribution is 5.78. The van der Waals surface area contributed by atoms with Crippen LogP contribution in [0.5, 0.6) is 0 Å². The van der Waals surface area contributed by atoms with Gasteiger partial charge in [0.1, 0.15) is 11.6 Å². The molecule has 2 fully saturated rings. The van der Waals surface area contributed by atoms with Crippen molar-refractivity contribution >= 4 is 11.7 Å². The molecule has 26 heavy (non-hydrogen) atoms. The highest BCUT2D eigenvalue weighted by atomic mass is 16.2. The van der Waals surface area contributed by atoms with Gasteiger partial charge in [0.05, 0.1) is 12.2 Å². The van der Waals surface area contributed by atoms with Gasteiger partial charge in [0.2, 0.25) is 5.91 Å². The van der Waals surface area contributed by atoms with Crippen LogP contribution in [0.15, 0.2) is 6.07 Å². The Bertz CT molecular complexity index is 606.